The van der Waals surface area contributed by atoms with E-state index in [0.29, 0.717) is 23.5 Å². The lowest BCUT2D eigenvalue weighted by Gasteiger charge is -2.25. The maximum atomic E-state index is 13.2. The molecule has 0 spiro atoms. The topological polar surface area (TPSA) is 45.5 Å². The number of halogens is 1. The van der Waals surface area contributed by atoms with Crippen molar-refractivity contribution in [2.24, 2.45) is 11.8 Å². The predicted octanol–water partition coefficient (Wildman–Crippen LogP) is 1.30. The molecule has 0 aliphatic carbocycles. The monoisotopic (exact) mass is 275 g/mol. The van der Waals surface area contributed by atoms with E-state index in [9.17, 15) is 4.39 Å². The molecule has 0 radical (unpaired) electrons. The van der Waals surface area contributed by atoms with Crippen LogP contribution in [0.3, 0.4) is 0 Å². The van der Waals surface area contributed by atoms with Crippen molar-refractivity contribution in [1.29, 1.82) is 0 Å². The normalized spacial score (nSPS) is 29.3. The van der Waals surface area contributed by atoms with Crippen molar-refractivity contribution in [2.75, 3.05) is 24.5 Å². The summed E-state index contributed by atoms with van der Waals surface area (Å²) in [7, 11) is 0. The largest absolute Gasteiger partial charge is 0.336 e. The third kappa shape index (κ3) is 1.71. The van der Waals surface area contributed by atoms with Crippen molar-refractivity contribution in [3.63, 3.8) is 0 Å². The molecule has 4 heterocycles. The summed E-state index contributed by atoms with van der Waals surface area (Å²) < 4.78 is 14.8. The van der Waals surface area contributed by atoms with Gasteiger partial charge in [-0.05, 0) is 30.4 Å². The fourth-order valence-electron chi connectivity index (χ4n) is 3.74. The Hall–Kier alpha value is -1.69. The van der Waals surface area contributed by atoms with E-state index in [-0.39, 0.29) is 5.82 Å². The van der Waals surface area contributed by atoms with Gasteiger partial charge in [0.1, 0.15) is 5.82 Å². The second-order valence-corrected chi connectivity index (χ2v) is 5.77. The van der Waals surface area contributed by atoms with Gasteiger partial charge < -0.3 is 10.2 Å². The van der Waals surface area contributed by atoms with E-state index in [0.717, 1.165) is 32.0 Å². The van der Waals surface area contributed by atoms with Gasteiger partial charge in [0.15, 0.2) is 5.65 Å². The average molecular weight is 275 g/mol. The van der Waals surface area contributed by atoms with Gasteiger partial charge in [-0.1, -0.05) is 6.92 Å². The zero-order chi connectivity index (χ0) is 13.7. The number of hydrogen-bond donors (Lipinski definition) is 1. The van der Waals surface area contributed by atoms with E-state index < -0.39 is 0 Å². The maximum Gasteiger partial charge on any atom is 0.245 e. The Morgan fingerprint density at radius 1 is 1.40 bits per heavy atom. The van der Waals surface area contributed by atoms with Crippen LogP contribution < -0.4 is 10.2 Å². The molecule has 2 saturated heterocycles. The molecular formula is C14H18FN5. The van der Waals surface area contributed by atoms with Gasteiger partial charge in [0.25, 0.3) is 0 Å². The van der Waals surface area contributed by atoms with E-state index in [1.54, 1.807) is 6.07 Å². The molecule has 3 unspecified atom stereocenters. The number of aromatic nitrogens is 3. The molecule has 0 amide bonds. The van der Waals surface area contributed by atoms with Crippen LogP contribution in [0.25, 0.3) is 5.65 Å². The van der Waals surface area contributed by atoms with Crippen LogP contribution in [0.1, 0.15) is 13.3 Å². The van der Waals surface area contributed by atoms with Crippen molar-refractivity contribution in [1.82, 2.24) is 19.9 Å². The van der Waals surface area contributed by atoms with E-state index in [2.05, 4.69) is 27.2 Å². The molecule has 5 nitrogen and oxygen atoms in total. The van der Waals surface area contributed by atoms with Gasteiger partial charge in [-0.3, -0.25) is 0 Å². The minimum Gasteiger partial charge on any atom is -0.336 e. The first-order chi connectivity index (χ1) is 9.76. The number of anilines is 1. The Morgan fingerprint density at radius 2 is 2.30 bits per heavy atom. The number of nitrogens with one attached hydrogen (secondary N) is 1. The van der Waals surface area contributed by atoms with Crippen LogP contribution >= 0.6 is 0 Å². The quantitative estimate of drug-likeness (QED) is 0.897. The molecule has 3 atom stereocenters. The Bertz CT molecular complexity index is 640. The molecule has 0 bridgehead atoms. The lowest BCUT2D eigenvalue weighted by Crippen LogP contribution is -2.35. The average Bonchev–Trinajstić information content (AvgIpc) is 3.09. The summed E-state index contributed by atoms with van der Waals surface area (Å²) in [5, 5.41) is 7.92. The van der Waals surface area contributed by atoms with Crippen molar-refractivity contribution in [2.45, 2.75) is 19.4 Å². The molecule has 2 fully saturated rings. The van der Waals surface area contributed by atoms with E-state index in [1.807, 2.05) is 0 Å². The highest BCUT2D eigenvalue weighted by atomic mass is 19.1. The van der Waals surface area contributed by atoms with Crippen LogP contribution in [0, 0.1) is 17.7 Å². The van der Waals surface area contributed by atoms with Crippen LogP contribution in [0.2, 0.25) is 0 Å². The summed E-state index contributed by atoms with van der Waals surface area (Å²) in [6.45, 7) is 5.38. The molecule has 2 aromatic heterocycles. The summed E-state index contributed by atoms with van der Waals surface area (Å²) in [4.78, 5) is 6.86. The van der Waals surface area contributed by atoms with Gasteiger partial charge in [0, 0.05) is 25.7 Å². The summed E-state index contributed by atoms with van der Waals surface area (Å²) >= 11 is 0. The molecule has 2 aliphatic rings. The van der Waals surface area contributed by atoms with Crippen LogP contribution in [0.15, 0.2) is 18.3 Å². The van der Waals surface area contributed by atoms with Crippen LogP contribution in [0.5, 0.6) is 0 Å². The van der Waals surface area contributed by atoms with E-state index in [1.165, 1.54) is 16.8 Å². The summed E-state index contributed by atoms with van der Waals surface area (Å²) in [6, 6.07) is 3.58. The van der Waals surface area contributed by atoms with Gasteiger partial charge in [-0.2, -0.15) is 4.98 Å². The minimum absolute atomic E-state index is 0.288. The van der Waals surface area contributed by atoms with Gasteiger partial charge in [0.2, 0.25) is 5.95 Å². The summed E-state index contributed by atoms with van der Waals surface area (Å²) in [6.07, 6.45) is 2.47. The number of hydrogen-bond acceptors (Lipinski definition) is 4. The van der Waals surface area contributed by atoms with Crippen molar-refractivity contribution < 1.29 is 4.39 Å². The van der Waals surface area contributed by atoms with Gasteiger partial charge in [-0.25, -0.2) is 8.91 Å². The minimum atomic E-state index is -0.288. The Labute approximate surface area is 116 Å². The SMILES string of the molecule is CCC1C2CNCC2CN1c1nc2ccc(F)cn2n1. The van der Waals surface area contributed by atoms with Crippen LogP contribution in [-0.4, -0.2) is 40.3 Å². The maximum absolute atomic E-state index is 13.2. The third-order valence-corrected chi connectivity index (χ3v) is 4.68. The summed E-state index contributed by atoms with van der Waals surface area (Å²) in [5.74, 6) is 1.81. The fourth-order valence-corrected chi connectivity index (χ4v) is 3.74. The van der Waals surface area contributed by atoms with Gasteiger partial charge in [0.05, 0.1) is 6.20 Å². The highest BCUT2D eigenvalue weighted by Gasteiger charge is 2.44. The molecule has 2 aromatic rings. The second-order valence-electron chi connectivity index (χ2n) is 5.77. The van der Waals surface area contributed by atoms with E-state index >= 15 is 0 Å². The van der Waals surface area contributed by atoms with Crippen molar-refractivity contribution >= 4 is 11.6 Å². The lowest BCUT2D eigenvalue weighted by atomic mass is 9.93. The molecule has 2 aliphatic heterocycles. The predicted molar refractivity (Wildman–Crippen MR) is 74.2 cm³/mol. The zero-order valence-corrected chi connectivity index (χ0v) is 11.5. The number of rotatable bonds is 2. The molecule has 4 rings (SSSR count). The van der Waals surface area contributed by atoms with Crippen LogP contribution in [0.4, 0.5) is 10.3 Å². The number of fused-ring (bicyclic) bond motifs is 2. The fraction of sp³-hybridized carbons (Fsp3) is 0.571. The second kappa shape index (κ2) is 4.41. The molecule has 1 N–H and O–H groups in total. The smallest absolute Gasteiger partial charge is 0.245 e. The first-order valence-corrected chi connectivity index (χ1v) is 7.25. The number of pyridine rings is 1. The van der Waals surface area contributed by atoms with Crippen LogP contribution in [-0.2, 0) is 0 Å². The molecule has 20 heavy (non-hydrogen) atoms. The molecular weight excluding hydrogens is 257 g/mol. The standard InChI is InChI=1S/C14H18FN5/c1-2-12-11-6-16-5-9(11)7-19(12)14-17-13-4-3-10(15)8-20(13)18-14/h3-4,8-9,11-12,16H,2,5-7H2,1H3. The van der Waals surface area contributed by atoms with E-state index in [4.69, 9.17) is 0 Å². The molecule has 6 heteroatoms. The summed E-state index contributed by atoms with van der Waals surface area (Å²) in [5.41, 5.74) is 0.700. The number of nitrogens with zero attached hydrogens (tertiary/aromatic N) is 4. The Kier molecular flexibility index (Phi) is 2.66. The molecule has 0 saturated carbocycles. The lowest BCUT2D eigenvalue weighted by molar-refractivity contribution is 0.440. The molecule has 0 aromatic carbocycles. The highest BCUT2D eigenvalue weighted by Crippen LogP contribution is 2.36. The third-order valence-electron chi connectivity index (χ3n) is 4.68. The van der Waals surface area contributed by atoms with Crippen molar-refractivity contribution in [3.05, 3.63) is 24.1 Å². The first kappa shape index (κ1) is 12.1. The Morgan fingerprint density at radius 3 is 3.15 bits per heavy atom. The molecule has 106 valence electrons. The Balaban J connectivity index is 1.71. The highest BCUT2D eigenvalue weighted by molar-refractivity contribution is 5.46. The van der Waals surface area contributed by atoms with Crippen molar-refractivity contribution in [3.8, 4) is 0 Å². The van der Waals surface area contributed by atoms with Gasteiger partial charge >= 0.3 is 0 Å². The first-order valence-electron chi connectivity index (χ1n) is 7.25. The zero-order valence-electron chi connectivity index (χ0n) is 11.5. The van der Waals surface area contributed by atoms with Gasteiger partial charge in [-0.15, -0.1) is 5.10 Å².